The summed E-state index contributed by atoms with van der Waals surface area (Å²) in [7, 11) is 0. The first kappa shape index (κ1) is 22.9. The van der Waals surface area contributed by atoms with Crippen LogP contribution in [0.1, 0.15) is 48.9 Å². The summed E-state index contributed by atoms with van der Waals surface area (Å²) in [4.78, 5) is 59.2. The molecular weight excluding hydrogens is 463 g/mol. The molecule has 1 saturated carbocycles. The second-order valence-corrected chi connectivity index (χ2v) is 10.5. The maximum absolute atomic E-state index is 14.3. The van der Waals surface area contributed by atoms with Crippen molar-refractivity contribution in [3.05, 3.63) is 56.2 Å². The van der Waals surface area contributed by atoms with Gasteiger partial charge in [0, 0.05) is 56.4 Å². The molecule has 2 aromatic carbocycles. The predicted octanol–water partition coefficient (Wildman–Crippen LogP) is 2.60. The highest BCUT2D eigenvalue weighted by Gasteiger charge is 2.40. The first-order chi connectivity index (χ1) is 17.4. The minimum Gasteiger partial charge on any atom is -0.366 e. The van der Waals surface area contributed by atoms with Crippen molar-refractivity contribution in [2.45, 2.75) is 38.5 Å². The van der Waals surface area contributed by atoms with E-state index in [0.717, 1.165) is 25.9 Å². The number of H-pyrrole nitrogens is 1. The molecule has 1 aliphatic carbocycles. The number of rotatable bonds is 4. The molecule has 0 bridgehead atoms. The molecular formula is C27H29FN4O4. The third-order valence-corrected chi connectivity index (χ3v) is 8.64. The number of ketones is 1. The summed E-state index contributed by atoms with van der Waals surface area (Å²) < 4.78 is 14.3. The van der Waals surface area contributed by atoms with Gasteiger partial charge >= 0.3 is 0 Å². The number of aromatic amines is 1. The van der Waals surface area contributed by atoms with Crippen molar-refractivity contribution < 1.29 is 14.0 Å². The molecule has 3 aromatic rings. The van der Waals surface area contributed by atoms with Crippen molar-refractivity contribution in [1.82, 2.24) is 9.88 Å². The second kappa shape index (κ2) is 8.57. The molecule has 1 spiro atoms. The van der Waals surface area contributed by atoms with Crippen LogP contribution in [0.25, 0.3) is 10.9 Å². The van der Waals surface area contributed by atoms with Gasteiger partial charge < -0.3 is 19.7 Å². The fraction of sp³-hybridized carbons (Fsp3) is 0.481. The topological polar surface area (TPSA) is 93.8 Å². The molecule has 0 atom stereocenters. The summed E-state index contributed by atoms with van der Waals surface area (Å²) >= 11 is 0. The molecule has 8 nitrogen and oxygen atoms in total. The Labute approximate surface area is 207 Å². The number of fused-ring (bicyclic) bond motifs is 1. The molecule has 1 aromatic heterocycles. The molecule has 188 valence electrons. The Morgan fingerprint density at radius 2 is 1.44 bits per heavy atom. The smallest absolute Gasteiger partial charge is 0.295 e. The molecule has 6 rings (SSSR count). The van der Waals surface area contributed by atoms with Crippen molar-refractivity contribution in [2.24, 2.45) is 5.41 Å². The van der Waals surface area contributed by atoms with Crippen LogP contribution in [0.15, 0.2) is 34.0 Å². The lowest BCUT2D eigenvalue weighted by molar-refractivity contribution is -0.126. The SMILES string of the molecule is O=C(C(=O)N1CCN(c2c(N3CCC4(CCCC4)CC3)c(=O)c2=O)CC1)c1c[nH]c2cccc(F)c12. The monoisotopic (exact) mass is 492 g/mol. The van der Waals surface area contributed by atoms with Crippen LogP contribution in [0.2, 0.25) is 0 Å². The first-order valence-electron chi connectivity index (χ1n) is 12.8. The maximum atomic E-state index is 14.3. The molecule has 0 unspecified atom stereocenters. The highest BCUT2D eigenvalue weighted by molar-refractivity contribution is 6.44. The summed E-state index contributed by atoms with van der Waals surface area (Å²) in [5.74, 6) is -2.01. The number of benzene rings is 1. The lowest BCUT2D eigenvalue weighted by Crippen LogP contribution is -2.55. The van der Waals surface area contributed by atoms with Gasteiger partial charge in [-0.05, 0) is 43.2 Å². The summed E-state index contributed by atoms with van der Waals surface area (Å²) in [5.41, 5.74) is 1.00. The van der Waals surface area contributed by atoms with Crippen LogP contribution in [0, 0.1) is 11.2 Å². The van der Waals surface area contributed by atoms with Crippen LogP contribution >= 0.6 is 0 Å². The van der Waals surface area contributed by atoms with Gasteiger partial charge in [0.15, 0.2) is 0 Å². The van der Waals surface area contributed by atoms with Crippen LogP contribution in [-0.2, 0) is 4.79 Å². The van der Waals surface area contributed by atoms with Crippen molar-refractivity contribution in [1.29, 1.82) is 0 Å². The lowest BCUT2D eigenvalue weighted by Gasteiger charge is -2.43. The normalized spacial score (nSPS) is 20.1. The third kappa shape index (κ3) is 3.55. The Hall–Kier alpha value is -3.49. The van der Waals surface area contributed by atoms with Gasteiger partial charge in [-0.3, -0.25) is 19.2 Å². The Balaban J connectivity index is 1.13. The number of hydrogen-bond acceptors (Lipinski definition) is 6. The van der Waals surface area contributed by atoms with E-state index in [-0.39, 0.29) is 24.0 Å². The molecule has 0 radical (unpaired) electrons. The molecule has 36 heavy (non-hydrogen) atoms. The van der Waals surface area contributed by atoms with Crippen molar-refractivity contribution in [3.63, 3.8) is 0 Å². The molecule has 1 N–H and O–H groups in total. The van der Waals surface area contributed by atoms with E-state index in [1.165, 1.54) is 48.9 Å². The largest absolute Gasteiger partial charge is 0.366 e. The summed E-state index contributed by atoms with van der Waals surface area (Å²) in [5, 5.41) is 0.115. The van der Waals surface area contributed by atoms with Crippen LogP contribution in [0.5, 0.6) is 0 Å². The number of piperazine rings is 1. The van der Waals surface area contributed by atoms with Gasteiger partial charge in [-0.1, -0.05) is 18.9 Å². The predicted molar refractivity (Wildman–Crippen MR) is 135 cm³/mol. The number of aromatic nitrogens is 1. The van der Waals surface area contributed by atoms with Crippen LogP contribution in [0.3, 0.4) is 0 Å². The number of carbonyl (C=O) groups is 2. The number of Topliss-reactive ketones (excluding diaryl/α,β-unsaturated/α-hetero) is 1. The van der Waals surface area contributed by atoms with Gasteiger partial charge in [-0.25, -0.2) is 4.39 Å². The minimum absolute atomic E-state index is 0.0189. The molecule has 2 saturated heterocycles. The number of piperidine rings is 1. The van der Waals surface area contributed by atoms with E-state index in [4.69, 9.17) is 0 Å². The highest BCUT2D eigenvalue weighted by Crippen LogP contribution is 2.47. The van der Waals surface area contributed by atoms with E-state index in [1.807, 2.05) is 4.90 Å². The van der Waals surface area contributed by atoms with Crippen molar-refractivity contribution in [2.75, 3.05) is 49.1 Å². The highest BCUT2D eigenvalue weighted by atomic mass is 19.1. The van der Waals surface area contributed by atoms with Gasteiger partial charge in [0.05, 0.1) is 5.56 Å². The van der Waals surface area contributed by atoms with Crippen LogP contribution < -0.4 is 20.7 Å². The van der Waals surface area contributed by atoms with Gasteiger partial charge in [0.2, 0.25) is 0 Å². The van der Waals surface area contributed by atoms with E-state index >= 15 is 0 Å². The maximum Gasteiger partial charge on any atom is 0.295 e. The van der Waals surface area contributed by atoms with E-state index in [0.29, 0.717) is 35.4 Å². The Kier molecular flexibility index (Phi) is 5.46. The molecule has 3 fully saturated rings. The average molecular weight is 493 g/mol. The van der Waals surface area contributed by atoms with Crippen molar-refractivity contribution in [3.8, 4) is 0 Å². The molecule has 3 aliphatic rings. The Morgan fingerprint density at radius 1 is 0.833 bits per heavy atom. The van der Waals surface area contributed by atoms with E-state index in [1.54, 1.807) is 6.07 Å². The van der Waals surface area contributed by atoms with E-state index in [2.05, 4.69) is 9.88 Å². The third-order valence-electron chi connectivity index (χ3n) is 8.64. The fourth-order valence-corrected chi connectivity index (χ4v) is 6.50. The number of halogens is 1. The zero-order valence-electron chi connectivity index (χ0n) is 20.1. The number of carbonyl (C=O) groups excluding carboxylic acids is 2. The molecule has 2 aliphatic heterocycles. The van der Waals surface area contributed by atoms with E-state index in [9.17, 15) is 23.6 Å². The molecule has 1 amide bonds. The summed E-state index contributed by atoms with van der Waals surface area (Å²) in [6.45, 7) is 2.80. The van der Waals surface area contributed by atoms with Crippen molar-refractivity contribution >= 4 is 34.0 Å². The first-order valence-corrected chi connectivity index (χ1v) is 12.8. The van der Waals surface area contributed by atoms with Gasteiger partial charge in [0.25, 0.3) is 22.5 Å². The fourth-order valence-electron chi connectivity index (χ4n) is 6.50. The molecule has 9 heteroatoms. The molecule has 3 heterocycles. The summed E-state index contributed by atoms with van der Waals surface area (Å²) in [6, 6.07) is 4.44. The van der Waals surface area contributed by atoms with Crippen LogP contribution in [0.4, 0.5) is 15.8 Å². The second-order valence-electron chi connectivity index (χ2n) is 10.5. The number of anilines is 2. The number of amides is 1. The zero-order valence-corrected chi connectivity index (χ0v) is 20.1. The quantitative estimate of drug-likeness (QED) is 0.445. The minimum atomic E-state index is -0.760. The van der Waals surface area contributed by atoms with E-state index < -0.39 is 28.4 Å². The Morgan fingerprint density at radius 3 is 2.08 bits per heavy atom. The van der Waals surface area contributed by atoms with Gasteiger partial charge in [-0.15, -0.1) is 0 Å². The lowest BCUT2D eigenvalue weighted by atomic mass is 9.77. The number of hydrogen-bond donors (Lipinski definition) is 1. The van der Waals surface area contributed by atoms with Gasteiger partial charge in [-0.2, -0.15) is 0 Å². The summed E-state index contributed by atoms with van der Waals surface area (Å²) in [6.07, 6.45) is 8.58. The average Bonchev–Trinajstić information content (AvgIpc) is 3.55. The Bertz CT molecular complexity index is 1410. The van der Waals surface area contributed by atoms with Gasteiger partial charge in [0.1, 0.15) is 17.2 Å². The number of nitrogens with zero attached hydrogens (tertiary/aromatic N) is 3. The van der Waals surface area contributed by atoms with Crippen LogP contribution in [-0.4, -0.2) is 60.8 Å². The zero-order chi connectivity index (χ0) is 25.0. The number of nitrogens with one attached hydrogen (secondary N) is 1. The standard InChI is InChI=1S/C27H29FN4O4/c28-18-4-3-5-19-20(18)17(16-29-19)23(33)26(36)32-14-12-31(13-15-32)22-21(24(34)25(22)35)30-10-8-27(9-11-30)6-1-2-7-27/h3-5,16,29H,1-2,6-15H2.